The number of anilines is 2. The summed E-state index contributed by atoms with van der Waals surface area (Å²) in [4.78, 5) is 17.9. The van der Waals surface area contributed by atoms with Gasteiger partial charge in [-0.2, -0.15) is 0 Å². The van der Waals surface area contributed by atoms with Crippen molar-refractivity contribution in [3.8, 4) is 0 Å². The molecule has 0 bridgehead atoms. The summed E-state index contributed by atoms with van der Waals surface area (Å²) in [7, 11) is 3.62. The number of hydrogen-bond donors (Lipinski definition) is 2. The van der Waals surface area contributed by atoms with Crippen LogP contribution >= 0.6 is 0 Å². The maximum atomic E-state index is 11.6. The van der Waals surface area contributed by atoms with Crippen molar-refractivity contribution in [2.75, 3.05) is 31.3 Å². The van der Waals surface area contributed by atoms with E-state index in [-0.39, 0.29) is 11.8 Å². The van der Waals surface area contributed by atoms with Crippen LogP contribution in [0.1, 0.15) is 6.92 Å². The van der Waals surface area contributed by atoms with E-state index in [2.05, 4.69) is 15.2 Å². The maximum Gasteiger partial charge on any atom is 0.224 e. The lowest BCUT2D eigenvalue weighted by Crippen LogP contribution is -2.34. The largest absolute Gasteiger partial charge is 0.398 e. The van der Waals surface area contributed by atoms with E-state index in [0.29, 0.717) is 6.54 Å². The standard InChI is InChI=1S/C15H20N4O/c1-10(15(20)17-2)9-19(3)14-5-4-13(16)11-6-7-18-8-12(11)14/h4-8,10H,9,16H2,1-3H3,(H,17,20). The third-order valence-corrected chi connectivity index (χ3v) is 3.48. The van der Waals surface area contributed by atoms with Crippen molar-refractivity contribution in [2.45, 2.75) is 6.92 Å². The minimum atomic E-state index is -0.0886. The molecular formula is C15H20N4O. The van der Waals surface area contributed by atoms with Crippen LogP contribution in [-0.2, 0) is 4.79 Å². The second-order valence-electron chi connectivity index (χ2n) is 4.99. The minimum absolute atomic E-state index is 0.0368. The third kappa shape index (κ3) is 2.66. The monoisotopic (exact) mass is 272 g/mol. The number of nitrogens with one attached hydrogen (secondary N) is 1. The molecule has 0 saturated carbocycles. The van der Waals surface area contributed by atoms with Gasteiger partial charge in [-0.15, -0.1) is 0 Å². The maximum absolute atomic E-state index is 11.6. The Bertz CT molecular complexity index is 626. The Balaban J connectivity index is 2.33. The molecule has 106 valence electrons. The molecule has 1 atom stereocenters. The first-order valence-electron chi connectivity index (χ1n) is 6.59. The van der Waals surface area contributed by atoms with Crippen LogP contribution in [0.2, 0.25) is 0 Å². The Hall–Kier alpha value is -2.30. The first-order chi connectivity index (χ1) is 9.54. The summed E-state index contributed by atoms with van der Waals surface area (Å²) >= 11 is 0. The van der Waals surface area contributed by atoms with Crippen molar-refractivity contribution in [3.63, 3.8) is 0 Å². The number of nitrogen functional groups attached to an aromatic ring is 1. The molecule has 2 rings (SSSR count). The normalized spacial score (nSPS) is 12.2. The smallest absolute Gasteiger partial charge is 0.224 e. The zero-order chi connectivity index (χ0) is 14.7. The topological polar surface area (TPSA) is 71.2 Å². The molecule has 0 aliphatic rings. The van der Waals surface area contributed by atoms with Gasteiger partial charge in [-0.05, 0) is 18.2 Å². The number of carbonyl (C=O) groups excluding carboxylic acids is 1. The molecule has 5 nitrogen and oxygen atoms in total. The number of nitrogens with two attached hydrogens (primary N) is 1. The molecule has 0 saturated heterocycles. The number of benzene rings is 1. The van der Waals surface area contributed by atoms with Crippen LogP contribution in [0.25, 0.3) is 10.8 Å². The van der Waals surface area contributed by atoms with Gasteiger partial charge in [-0.3, -0.25) is 9.78 Å². The summed E-state index contributed by atoms with van der Waals surface area (Å²) < 4.78 is 0. The van der Waals surface area contributed by atoms with Gasteiger partial charge in [0.05, 0.1) is 5.92 Å². The van der Waals surface area contributed by atoms with Gasteiger partial charge in [-0.1, -0.05) is 6.92 Å². The fourth-order valence-electron chi connectivity index (χ4n) is 2.37. The molecule has 0 spiro atoms. The number of amides is 1. The average Bonchev–Trinajstić information content (AvgIpc) is 2.46. The lowest BCUT2D eigenvalue weighted by atomic mass is 10.1. The molecule has 0 fully saturated rings. The Kier molecular flexibility index (Phi) is 4.08. The third-order valence-electron chi connectivity index (χ3n) is 3.48. The molecule has 0 aliphatic carbocycles. The number of nitrogens with zero attached hydrogens (tertiary/aromatic N) is 2. The Morgan fingerprint density at radius 1 is 1.40 bits per heavy atom. The number of hydrogen-bond acceptors (Lipinski definition) is 4. The first-order valence-corrected chi connectivity index (χ1v) is 6.59. The number of aromatic nitrogens is 1. The van der Waals surface area contributed by atoms with Gasteiger partial charge in [0.15, 0.2) is 0 Å². The molecule has 20 heavy (non-hydrogen) atoms. The molecule has 1 unspecified atom stereocenters. The van der Waals surface area contributed by atoms with Crippen molar-refractivity contribution in [3.05, 3.63) is 30.6 Å². The van der Waals surface area contributed by atoms with E-state index in [1.54, 1.807) is 13.2 Å². The van der Waals surface area contributed by atoms with Gasteiger partial charge in [0, 0.05) is 55.2 Å². The van der Waals surface area contributed by atoms with E-state index < -0.39 is 0 Å². The van der Waals surface area contributed by atoms with Crippen LogP contribution in [0.15, 0.2) is 30.6 Å². The first kappa shape index (κ1) is 14.1. The lowest BCUT2D eigenvalue weighted by molar-refractivity contribution is -0.123. The summed E-state index contributed by atoms with van der Waals surface area (Å²) in [5, 5.41) is 4.65. The molecule has 1 heterocycles. The van der Waals surface area contributed by atoms with Crippen molar-refractivity contribution in [1.82, 2.24) is 10.3 Å². The van der Waals surface area contributed by atoms with Crippen molar-refractivity contribution in [1.29, 1.82) is 0 Å². The van der Waals surface area contributed by atoms with E-state index in [9.17, 15) is 4.79 Å². The van der Waals surface area contributed by atoms with Crippen LogP contribution in [-0.4, -0.2) is 31.5 Å². The summed E-state index contributed by atoms with van der Waals surface area (Å²) in [5.41, 5.74) is 7.75. The highest BCUT2D eigenvalue weighted by Gasteiger charge is 2.15. The highest BCUT2D eigenvalue weighted by atomic mass is 16.1. The van der Waals surface area contributed by atoms with Crippen molar-refractivity contribution < 1.29 is 4.79 Å². The second-order valence-corrected chi connectivity index (χ2v) is 4.99. The van der Waals surface area contributed by atoms with Crippen LogP contribution in [0.4, 0.5) is 11.4 Å². The molecule has 3 N–H and O–H groups in total. The summed E-state index contributed by atoms with van der Waals surface area (Å²) in [6, 6.07) is 5.76. The molecule has 1 aromatic heterocycles. The minimum Gasteiger partial charge on any atom is -0.398 e. The summed E-state index contributed by atoms with van der Waals surface area (Å²) in [5.74, 6) is -0.0519. The SMILES string of the molecule is CNC(=O)C(C)CN(C)c1ccc(N)c2ccncc12. The van der Waals surface area contributed by atoms with Gasteiger partial charge >= 0.3 is 0 Å². The zero-order valence-electron chi connectivity index (χ0n) is 12.1. The number of carbonyl (C=O) groups is 1. The number of rotatable bonds is 4. The van der Waals surface area contributed by atoms with Gasteiger partial charge in [0.2, 0.25) is 5.91 Å². The summed E-state index contributed by atoms with van der Waals surface area (Å²) in [6.45, 7) is 2.54. The van der Waals surface area contributed by atoms with Crippen molar-refractivity contribution >= 4 is 28.1 Å². The van der Waals surface area contributed by atoms with Gasteiger partial charge < -0.3 is 16.0 Å². The zero-order valence-corrected chi connectivity index (χ0v) is 12.1. The van der Waals surface area contributed by atoms with E-state index >= 15 is 0 Å². The van der Waals surface area contributed by atoms with Gasteiger partial charge in [0.1, 0.15) is 0 Å². The predicted molar refractivity (Wildman–Crippen MR) is 82.7 cm³/mol. The van der Waals surface area contributed by atoms with Gasteiger partial charge in [0.25, 0.3) is 0 Å². The molecule has 2 aromatic rings. The predicted octanol–water partition coefficient (Wildman–Crippen LogP) is 1.64. The molecule has 1 amide bonds. The Morgan fingerprint density at radius 2 is 2.15 bits per heavy atom. The molecule has 5 heteroatoms. The highest BCUT2D eigenvalue weighted by Crippen LogP contribution is 2.29. The van der Waals surface area contributed by atoms with E-state index in [1.807, 2.05) is 38.4 Å². The fraction of sp³-hybridized carbons (Fsp3) is 0.333. The van der Waals surface area contributed by atoms with Crippen LogP contribution in [0, 0.1) is 5.92 Å². The van der Waals surface area contributed by atoms with Crippen LogP contribution in [0.5, 0.6) is 0 Å². The van der Waals surface area contributed by atoms with E-state index in [0.717, 1.165) is 22.1 Å². The molecular weight excluding hydrogens is 252 g/mol. The molecule has 0 radical (unpaired) electrons. The number of fused-ring (bicyclic) bond motifs is 1. The Morgan fingerprint density at radius 3 is 2.85 bits per heavy atom. The average molecular weight is 272 g/mol. The van der Waals surface area contributed by atoms with Crippen LogP contribution in [0.3, 0.4) is 0 Å². The van der Waals surface area contributed by atoms with E-state index in [1.165, 1.54) is 0 Å². The fourth-order valence-corrected chi connectivity index (χ4v) is 2.37. The molecule has 1 aromatic carbocycles. The quantitative estimate of drug-likeness (QED) is 0.830. The highest BCUT2D eigenvalue weighted by molar-refractivity contribution is 6.00. The van der Waals surface area contributed by atoms with Crippen LogP contribution < -0.4 is 16.0 Å². The Labute approximate surface area is 118 Å². The van der Waals surface area contributed by atoms with Gasteiger partial charge in [-0.25, -0.2) is 0 Å². The lowest BCUT2D eigenvalue weighted by Gasteiger charge is -2.24. The number of pyridine rings is 1. The second kappa shape index (κ2) is 5.77. The van der Waals surface area contributed by atoms with Crippen molar-refractivity contribution in [2.24, 2.45) is 5.92 Å². The van der Waals surface area contributed by atoms with E-state index in [4.69, 9.17) is 5.73 Å². The molecule has 0 aliphatic heterocycles. The summed E-state index contributed by atoms with van der Waals surface area (Å²) in [6.07, 6.45) is 3.54.